The van der Waals surface area contributed by atoms with E-state index in [1.54, 1.807) is 31.9 Å². The third-order valence-electron chi connectivity index (χ3n) is 6.44. The number of aliphatic hydroxyl groups excluding tert-OH is 1. The second kappa shape index (κ2) is 7.89. The summed E-state index contributed by atoms with van der Waals surface area (Å²) in [6.45, 7) is 2.76. The second-order valence-electron chi connectivity index (χ2n) is 8.75. The van der Waals surface area contributed by atoms with E-state index in [2.05, 4.69) is 21.1 Å². The molecule has 2 aromatic heterocycles. The van der Waals surface area contributed by atoms with Gasteiger partial charge in [-0.15, -0.1) is 0 Å². The van der Waals surface area contributed by atoms with Crippen LogP contribution in [0.15, 0.2) is 35.5 Å². The Bertz CT molecular complexity index is 1460. The number of aliphatic hydroxyl groups is 1. The third kappa shape index (κ3) is 3.33. The van der Waals surface area contributed by atoms with Crippen molar-refractivity contribution in [2.75, 3.05) is 17.2 Å². The number of aromatic nitrogens is 3. The van der Waals surface area contributed by atoms with Crippen LogP contribution in [0, 0.1) is 17.1 Å². The van der Waals surface area contributed by atoms with Crippen molar-refractivity contribution >= 4 is 23.2 Å². The summed E-state index contributed by atoms with van der Waals surface area (Å²) >= 11 is 0. The fraction of sp³-hybridized carbons (Fsp3) is 0.292. The van der Waals surface area contributed by atoms with E-state index in [4.69, 9.17) is 10.5 Å². The molecule has 2 aliphatic heterocycles. The highest BCUT2D eigenvalue weighted by Crippen LogP contribution is 2.41. The number of benzene rings is 1. The maximum absolute atomic E-state index is 14.4. The quantitative estimate of drug-likeness (QED) is 0.546. The van der Waals surface area contributed by atoms with Gasteiger partial charge < -0.3 is 20.5 Å². The zero-order valence-electron chi connectivity index (χ0n) is 19.3. The molecule has 2 aliphatic rings. The van der Waals surface area contributed by atoms with Gasteiger partial charge in [-0.1, -0.05) is 0 Å². The molecular formula is C24H22FN7O3. The molecule has 0 spiro atoms. The average Bonchev–Trinajstić information content (AvgIpc) is 3.27. The van der Waals surface area contributed by atoms with Crippen LogP contribution in [-0.2, 0) is 18.3 Å². The minimum absolute atomic E-state index is 0.0674. The fourth-order valence-corrected chi connectivity index (χ4v) is 4.61. The van der Waals surface area contributed by atoms with E-state index in [-0.39, 0.29) is 23.7 Å². The Hall–Kier alpha value is -4.30. The minimum Gasteiger partial charge on any atom is -0.482 e. The molecule has 5 rings (SSSR count). The Labute approximate surface area is 200 Å². The van der Waals surface area contributed by atoms with Crippen molar-refractivity contribution < 1.29 is 19.0 Å². The number of nitrogen functional groups attached to an aromatic ring is 1. The molecule has 0 saturated heterocycles. The smallest absolute Gasteiger partial charge is 0.275 e. The maximum Gasteiger partial charge on any atom is 0.275 e. The standard InChI is InChI=1S/C24H22FN7O3/c1-12-15-7-14(25)4-5-17(15)32-20(29-23(34)24(32,2)11-33)8-16-21(18(9-26)31(3)30-16)13-6-19(35-12)22(27)28-10-13/h4-7,10,12,33H,8,11H2,1-3H3,(H2,27,28)/t12-,24?/m1/s1. The van der Waals surface area contributed by atoms with E-state index in [9.17, 15) is 19.6 Å². The van der Waals surface area contributed by atoms with Gasteiger partial charge in [0.2, 0.25) is 0 Å². The molecule has 178 valence electrons. The van der Waals surface area contributed by atoms with Crippen LogP contribution in [0.5, 0.6) is 5.75 Å². The number of anilines is 2. The number of halogens is 1. The van der Waals surface area contributed by atoms with Crippen molar-refractivity contribution in [1.29, 1.82) is 5.26 Å². The number of aryl methyl sites for hydroxylation is 1. The SMILES string of the molecule is C[C@H]1Oc2cc(cnc2N)-c2c(nn(C)c2C#N)CC2=NC(=O)C(C)(CO)N2c2ccc(F)cc21. The minimum atomic E-state index is -1.42. The highest BCUT2D eigenvalue weighted by Gasteiger charge is 2.48. The van der Waals surface area contributed by atoms with Gasteiger partial charge in [-0.3, -0.25) is 9.48 Å². The second-order valence-corrected chi connectivity index (χ2v) is 8.75. The van der Waals surface area contributed by atoms with Gasteiger partial charge in [-0.05, 0) is 38.1 Å². The lowest BCUT2D eigenvalue weighted by Crippen LogP contribution is -2.53. The maximum atomic E-state index is 14.4. The lowest BCUT2D eigenvalue weighted by molar-refractivity contribution is -0.122. The van der Waals surface area contributed by atoms with Gasteiger partial charge in [-0.25, -0.2) is 9.37 Å². The van der Waals surface area contributed by atoms with Gasteiger partial charge in [0.25, 0.3) is 5.91 Å². The average molecular weight is 475 g/mol. The molecular weight excluding hydrogens is 453 g/mol. The fourth-order valence-electron chi connectivity index (χ4n) is 4.61. The number of nitriles is 1. The number of ether oxygens (including phenoxy) is 1. The zero-order chi connectivity index (χ0) is 25.1. The Kier molecular flexibility index (Phi) is 5.07. The number of nitrogens with zero attached hydrogens (tertiary/aromatic N) is 6. The molecule has 2 bridgehead atoms. The van der Waals surface area contributed by atoms with Crippen molar-refractivity contribution in [2.45, 2.75) is 31.9 Å². The Morgan fingerprint density at radius 2 is 2.17 bits per heavy atom. The van der Waals surface area contributed by atoms with E-state index in [1.165, 1.54) is 29.1 Å². The molecule has 11 heteroatoms. The van der Waals surface area contributed by atoms with E-state index in [1.807, 2.05) is 0 Å². The Balaban J connectivity index is 1.83. The van der Waals surface area contributed by atoms with Crippen LogP contribution in [-0.4, -0.2) is 43.8 Å². The summed E-state index contributed by atoms with van der Waals surface area (Å²) in [5.41, 5.74) is 7.34. The predicted molar refractivity (Wildman–Crippen MR) is 125 cm³/mol. The summed E-state index contributed by atoms with van der Waals surface area (Å²) in [6, 6.07) is 7.94. The van der Waals surface area contributed by atoms with Crippen LogP contribution in [0.2, 0.25) is 0 Å². The van der Waals surface area contributed by atoms with Crippen LogP contribution in [0.3, 0.4) is 0 Å². The van der Waals surface area contributed by atoms with Crippen molar-refractivity contribution in [3.05, 3.63) is 53.2 Å². The van der Waals surface area contributed by atoms with Gasteiger partial charge in [-0.2, -0.15) is 15.4 Å². The highest BCUT2D eigenvalue weighted by molar-refractivity contribution is 6.17. The number of amidine groups is 1. The molecule has 4 heterocycles. The van der Waals surface area contributed by atoms with Gasteiger partial charge in [0.15, 0.2) is 11.6 Å². The number of rotatable bonds is 1. The number of pyridine rings is 1. The van der Waals surface area contributed by atoms with Crippen molar-refractivity contribution in [3.63, 3.8) is 0 Å². The predicted octanol–water partition coefficient (Wildman–Crippen LogP) is 2.27. The first-order valence-electron chi connectivity index (χ1n) is 10.9. The highest BCUT2D eigenvalue weighted by atomic mass is 19.1. The molecule has 0 aliphatic carbocycles. The lowest BCUT2D eigenvalue weighted by Gasteiger charge is -2.36. The number of carbonyl (C=O) groups is 1. The summed E-state index contributed by atoms with van der Waals surface area (Å²) in [6.07, 6.45) is 0.867. The van der Waals surface area contributed by atoms with Crippen LogP contribution in [0.1, 0.15) is 36.9 Å². The number of hydrogen-bond donors (Lipinski definition) is 2. The van der Waals surface area contributed by atoms with Crippen molar-refractivity contribution in [3.8, 4) is 22.9 Å². The zero-order valence-corrected chi connectivity index (χ0v) is 19.3. The van der Waals surface area contributed by atoms with Crippen molar-refractivity contribution in [1.82, 2.24) is 14.8 Å². The van der Waals surface area contributed by atoms with Crippen LogP contribution in [0.4, 0.5) is 15.9 Å². The molecule has 1 aromatic carbocycles. The summed E-state index contributed by atoms with van der Waals surface area (Å²) in [4.78, 5) is 23.1. The molecule has 0 fully saturated rings. The van der Waals surface area contributed by atoms with Gasteiger partial charge >= 0.3 is 0 Å². The molecule has 35 heavy (non-hydrogen) atoms. The van der Waals surface area contributed by atoms with Gasteiger partial charge in [0.05, 0.1) is 24.4 Å². The van der Waals surface area contributed by atoms with Crippen LogP contribution in [0.25, 0.3) is 11.1 Å². The van der Waals surface area contributed by atoms with E-state index in [0.29, 0.717) is 33.9 Å². The van der Waals surface area contributed by atoms with Crippen molar-refractivity contribution in [2.24, 2.45) is 12.0 Å². The molecule has 3 N–H and O–H groups in total. The molecule has 0 saturated carbocycles. The normalized spacial score (nSPS) is 21.0. The number of hydrogen-bond acceptors (Lipinski definition) is 8. The van der Waals surface area contributed by atoms with Gasteiger partial charge in [0, 0.05) is 29.9 Å². The van der Waals surface area contributed by atoms with Crippen LogP contribution < -0.4 is 15.4 Å². The first kappa shape index (κ1) is 22.5. The topological polar surface area (TPSA) is 143 Å². The summed E-state index contributed by atoms with van der Waals surface area (Å²) in [7, 11) is 1.64. The number of fused-ring (bicyclic) bond motifs is 7. The molecule has 1 unspecified atom stereocenters. The Morgan fingerprint density at radius 3 is 2.89 bits per heavy atom. The molecule has 3 aromatic rings. The van der Waals surface area contributed by atoms with Gasteiger partial charge in [0.1, 0.15) is 35.1 Å². The largest absolute Gasteiger partial charge is 0.482 e. The number of nitrogens with two attached hydrogens (primary N) is 1. The monoisotopic (exact) mass is 475 g/mol. The van der Waals surface area contributed by atoms with Crippen LogP contribution >= 0.6 is 0 Å². The molecule has 1 amide bonds. The Morgan fingerprint density at radius 1 is 1.40 bits per heavy atom. The van der Waals surface area contributed by atoms with E-state index in [0.717, 1.165) is 0 Å². The summed E-state index contributed by atoms with van der Waals surface area (Å²) in [5, 5.41) is 24.6. The van der Waals surface area contributed by atoms with E-state index >= 15 is 0 Å². The third-order valence-corrected chi connectivity index (χ3v) is 6.44. The van der Waals surface area contributed by atoms with E-state index < -0.39 is 30.0 Å². The summed E-state index contributed by atoms with van der Waals surface area (Å²) < 4.78 is 22.0. The number of amides is 1. The molecule has 10 nitrogen and oxygen atoms in total. The molecule has 0 radical (unpaired) electrons. The lowest BCUT2D eigenvalue weighted by atomic mass is 9.96. The first-order valence-corrected chi connectivity index (χ1v) is 10.9. The summed E-state index contributed by atoms with van der Waals surface area (Å²) in [5.74, 6) is -0.358. The molecule has 2 atom stereocenters. The number of aliphatic imine (C=N–C) groups is 1. The first-order chi connectivity index (χ1) is 16.7. The number of carbonyl (C=O) groups excluding carboxylic acids is 1.